The number of thioether (sulfide) groups is 1. The standard InChI is InChI=1S/C14H14N4OS/c1-9(12-7-15-4-5-16-12)17-10-2-3-13-11(6-10)18-14(19)8-20-13/h2-7,9,17H,8H2,1H3,(H,18,19). The lowest BCUT2D eigenvalue weighted by Crippen LogP contribution is -2.19. The van der Waals surface area contributed by atoms with Gasteiger partial charge in [-0.05, 0) is 25.1 Å². The predicted octanol–water partition coefficient (Wildman–Crippen LogP) is 2.69. The molecule has 1 aromatic heterocycles. The van der Waals surface area contributed by atoms with Crippen LogP contribution in [-0.4, -0.2) is 21.6 Å². The fourth-order valence-electron chi connectivity index (χ4n) is 2.03. The number of nitrogens with one attached hydrogen (secondary N) is 2. The molecule has 1 aliphatic heterocycles. The maximum atomic E-state index is 11.4. The summed E-state index contributed by atoms with van der Waals surface area (Å²) in [5.41, 5.74) is 2.69. The van der Waals surface area contributed by atoms with Crippen LogP contribution in [0.3, 0.4) is 0 Å². The quantitative estimate of drug-likeness (QED) is 0.908. The van der Waals surface area contributed by atoms with E-state index < -0.39 is 0 Å². The number of nitrogens with zero attached hydrogens (tertiary/aromatic N) is 2. The van der Waals surface area contributed by atoms with Gasteiger partial charge in [0.2, 0.25) is 5.91 Å². The van der Waals surface area contributed by atoms with Crippen molar-refractivity contribution in [3.63, 3.8) is 0 Å². The van der Waals surface area contributed by atoms with Crippen LogP contribution in [0.1, 0.15) is 18.7 Å². The van der Waals surface area contributed by atoms with E-state index in [0.717, 1.165) is 22.0 Å². The van der Waals surface area contributed by atoms with Gasteiger partial charge in [-0.1, -0.05) is 0 Å². The topological polar surface area (TPSA) is 66.9 Å². The first-order valence-electron chi connectivity index (χ1n) is 6.31. The molecule has 1 amide bonds. The summed E-state index contributed by atoms with van der Waals surface area (Å²) in [7, 11) is 0. The van der Waals surface area contributed by atoms with E-state index in [0.29, 0.717) is 5.75 Å². The molecule has 102 valence electrons. The third kappa shape index (κ3) is 2.75. The molecule has 0 radical (unpaired) electrons. The molecule has 0 saturated heterocycles. The van der Waals surface area contributed by atoms with Gasteiger partial charge in [-0.25, -0.2) is 0 Å². The van der Waals surface area contributed by atoms with Crippen molar-refractivity contribution in [2.24, 2.45) is 0 Å². The molecule has 2 N–H and O–H groups in total. The summed E-state index contributed by atoms with van der Waals surface area (Å²) in [4.78, 5) is 20.8. The van der Waals surface area contributed by atoms with E-state index in [-0.39, 0.29) is 11.9 Å². The van der Waals surface area contributed by atoms with Crippen LogP contribution < -0.4 is 10.6 Å². The van der Waals surface area contributed by atoms with Crippen LogP contribution in [0.25, 0.3) is 0 Å². The molecule has 0 saturated carbocycles. The van der Waals surface area contributed by atoms with E-state index in [4.69, 9.17) is 0 Å². The van der Waals surface area contributed by atoms with E-state index in [9.17, 15) is 4.79 Å². The normalized spacial score (nSPS) is 15.2. The highest BCUT2D eigenvalue weighted by Gasteiger charge is 2.16. The van der Waals surface area contributed by atoms with Crippen molar-refractivity contribution in [1.29, 1.82) is 0 Å². The first-order chi connectivity index (χ1) is 9.72. The molecule has 1 unspecified atom stereocenters. The molecule has 2 aromatic rings. The zero-order valence-corrected chi connectivity index (χ0v) is 11.8. The van der Waals surface area contributed by atoms with Crippen molar-refractivity contribution < 1.29 is 4.79 Å². The first kappa shape index (κ1) is 12.9. The summed E-state index contributed by atoms with van der Waals surface area (Å²) < 4.78 is 0. The van der Waals surface area contributed by atoms with E-state index >= 15 is 0 Å². The van der Waals surface area contributed by atoms with E-state index in [1.165, 1.54) is 0 Å². The number of amides is 1. The van der Waals surface area contributed by atoms with Crippen LogP contribution in [-0.2, 0) is 4.79 Å². The summed E-state index contributed by atoms with van der Waals surface area (Å²) in [6.07, 6.45) is 5.08. The molecule has 0 fully saturated rings. The molecule has 20 heavy (non-hydrogen) atoms. The summed E-state index contributed by atoms with van der Waals surface area (Å²) in [6, 6.07) is 6.03. The van der Waals surface area contributed by atoms with Crippen LogP contribution in [0, 0.1) is 0 Å². The van der Waals surface area contributed by atoms with E-state index in [1.54, 1.807) is 30.4 Å². The van der Waals surface area contributed by atoms with E-state index in [2.05, 4.69) is 20.6 Å². The van der Waals surface area contributed by atoms with Gasteiger partial charge in [0.1, 0.15) is 0 Å². The second-order valence-corrected chi connectivity index (χ2v) is 5.56. The van der Waals surface area contributed by atoms with Crippen molar-refractivity contribution >= 4 is 29.0 Å². The highest BCUT2D eigenvalue weighted by Crippen LogP contribution is 2.34. The third-order valence-corrected chi connectivity index (χ3v) is 4.10. The molecular formula is C14H14N4OS. The molecule has 0 bridgehead atoms. The van der Waals surface area contributed by atoms with Crippen molar-refractivity contribution in [1.82, 2.24) is 9.97 Å². The summed E-state index contributed by atoms with van der Waals surface area (Å²) in [5, 5.41) is 6.25. The zero-order chi connectivity index (χ0) is 13.9. The van der Waals surface area contributed by atoms with Crippen molar-refractivity contribution in [2.75, 3.05) is 16.4 Å². The SMILES string of the molecule is CC(Nc1ccc2c(c1)NC(=O)CS2)c1cnccn1. The average molecular weight is 286 g/mol. The number of aromatic nitrogens is 2. The Morgan fingerprint density at radius 1 is 1.40 bits per heavy atom. The number of hydrogen-bond donors (Lipinski definition) is 2. The fourth-order valence-corrected chi connectivity index (χ4v) is 2.82. The Balaban J connectivity index is 1.78. The number of rotatable bonds is 3. The van der Waals surface area contributed by atoms with Gasteiger partial charge in [0.15, 0.2) is 0 Å². The molecule has 0 aliphatic carbocycles. The minimum absolute atomic E-state index is 0.0432. The summed E-state index contributed by atoms with van der Waals surface area (Å²) in [6.45, 7) is 2.02. The van der Waals surface area contributed by atoms with Gasteiger partial charge in [0.05, 0.1) is 29.4 Å². The lowest BCUT2D eigenvalue weighted by Gasteiger charge is -2.19. The number of hydrogen-bond acceptors (Lipinski definition) is 5. The largest absolute Gasteiger partial charge is 0.377 e. The van der Waals surface area contributed by atoms with Crippen LogP contribution in [0.4, 0.5) is 11.4 Å². The molecule has 1 aliphatic rings. The number of carbonyl (C=O) groups is 1. The molecule has 5 nitrogen and oxygen atoms in total. The van der Waals surface area contributed by atoms with Gasteiger partial charge >= 0.3 is 0 Å². The molecule has 3 rings (SSSR count). The zero-order valence-electron chi connectivity index (χ0n) is 11.0. The highest BCUT2D eigenvalue weighted by molar-refractivity contribution is 8.00. The Bertz CT molecular complexity index is 632. The fraction of sp³-hybridized carbons (Fsp3) is 0.214. The minimum Gasteiger partial charge on any atom is -0.377 e. The van der Waals surface area contributed by atoms with Crippen LogP contribution >= 0.6 is 11.8 Å². The molecule has 1 atom stereocenters. The summed E-state index contributed by atoms with van der Waals surface area (Å²) in [5.74, 6) is 0.525. The Labute approximate surface area is 121 Å². The summed E-state index contributed by atoms with van der Waals surface area (Å²) >= 11 is 1.56. The van der Waals surface area contributed by atoms with Crippen molar-refractivity contribution in [3.05, 3.63) is 42.5 Å². The smallest absolute Gasteiger partial charge is 0.234 e. The first-order valence-corrected chi connectivity index (χ1v) is 7.30. The molecule has 2 heterocycles. The monoisotopic (exact) mass is 286 g/mol. The van der Waals surface area contributed by atoms with Gasteiger partial charge in [0, 0.05) is 23.0 Å². The number of benzene rings is 1. The Morgan fingerprint density at radius 3 is 3.10 bits per heavy atom. The Morgan fingerprint density at radius 2 is 2.30 bits per heavy atom. The lowest BCUT2D eigenvalue weighted by molar-refractivity contribution is -0.113. The average Bonchev–Trinajstić information content (AvgIpc) is 2.47. The maximum absolute atomic E-state index is 11.4. The maximum Gasteiger partial charge on any atom is 0.234 e. The second kappa shape index (κ2) is 5.50. The van der Waals surface area contributed by atoms with Crippen LogP contribution in [0.15, 0.2) is 41.7 Å². The Hall–Kier alpha value is -2.08. The molecular weight excluding hydrogens is 272 g/mol. The van der Waals surface area contributed by atoms with Crippen LogP contribution in [0.2, 0.25) is 0 Å². The molecule has 0 spiro atoms. The number of anilines is 2. The molecule has 6 heteroatoms. The molecule has 1 aromatic carbocycles. The van der Waals surface area contributed by atoms with Gasteiger partial charge in [0.25, 0.3) is 0 Å². The van der Waals surface area contributed by atoms with Gasteiger partial charge in [-0.15, -0.1) is 11.8 Å². The lowest BCUT2D eigenvalue weighted by atomic mass is 10.2. The number of carbonyl (C=O) groups excluding carboxylic acids is 1. The van der Waals surface area contributed by atoms with Crippen molar-refractivity contribution in [2.45, 2.75) is 17.9 Å². The Kier molecular flexibility index (Phi) is 3.56. The predicted molar refractivity (Wildman–Crippen MR) is 79.9 cm³/mol. The van der Waals surface area contributed by atoms with Gasteiger partial charge in [-0.2, -0.15) is 0 Å². The van der Waals surface area contributed by atoms with E-state index in [1.807, 2.05) is 25.1 Å². The van der Waals surface area contributed by atoms with Crippen LogP contribution in [0.5, 0.6) is 0 Å². The minimum atomic E-state index is 0.0432. The van der Waals surface area contributed by atoms with Gasteiger partial charge in [-0.3, -0.25) is 14.8 Å². The van der Waals surface area contributed by atoms with Crippen molar-refractivity contribution in [3.8, 4) is 0 Å². The number of fused-ring (bicyclic) bond motifs is 1. The second-order valence-electron chi connectivity index (χ2n) is 4.54. The third-order valence-electron chi connectivity index (χ3n) is 3.02. The van der Waals surface area contributed by atoms with Gasteiger partial charge < -0.3 is 10.6 Å². The highest BCUT2D eigenvalue weighted by atomic mass is 32.2.